The molecule has 4 heteroatoms. The van der Waals surface area contributed by atoms with Gasteiger partial charge < -0.3 is 14.8 Å². The van der Waals surface area contributed by atoms with Gasteiger partial charge >= 0.3 is 0 Å². The van der Waals surface area contributed by atoms with Gasteiger partial charge in [-0.05, 0) is 18.6 Å². The summed E-state index contributed by atoms with van der Waals surface area (Å²) >= 11 is 0. The van der Waals surface area contributed by atoms with Crippen LogP contribution in [0.3, 0.4) is 0 Å². The minimum absolute atomic E-state index is 0.104. The predicted molar refractivity (Wildman–Crippen MR) is 62.2 cm³/mol. The fourth-order valence-corrected chi connectivity index (χ4v) is 1.90. The maximum atomic E-state index is 9.05. The third-order valence-electron chi connectivity index (χ3n) is 2.62. The summed E-state index contributed by atoms with van der Waals surface area (Å²) < 4.78 is 2.02. The first-order valence-electron chi connectivity index (χ1n) is 5.52. The van der Waals surface area contributed by atoms with Gasteiger partial charge in [0.25, 0.3) is 0 Å². The van der Waals surface area contributed by atoms with Crippen LogP contribution in [0, 0.1) is 0 Å². The molecule has 2 rings (SSSR count). The predicted octanol–water partition coefficient (Wildman–Crippen LogP) is 0.953. The summed E-state index contributed by atoms with van der Waals surface area (Å²) in [5.74, 6) is 0.935. The van der Waals surface area contributed by atoms with Crippen LogP contribution in [0.2, 0.25) is 0 Å². The second-order valence-corrected chi connectivity index (χ2v) is 3.72. The van der Waals surface area contributed by atoms with Crippen LogP contribution in [0.4, 0.5) is 0 Å². The number of aliphatic hydroxyl groups is 2. The van der Waals surface area contributed by atoms with Crippen LogP contribution in [0.1, 0.15) is 12.2 Å². The van der Waals surface area contributed by atoms with Gasteiger partial charge in [0.15, 0.2) is 0 Å². The Labute approximate surface area is 94.2 Å². The molecule has 0 bridgehead atoms. The third kappa shape index (κ3) is 2.08. The highest BCUT2D eigenvalue weighted by Gasteiger charge is 2.08. The summed E-state index contributed by atoms with van der Waals surface area (Å²) in [5, 5.41) is 17.9. The van der Waals surface area contributed by atoms with Crippen LogP contribution in [-0.4, -0.2) is 33.0 Å². The van der Waals surface area contributed by atoms with Gasteiger partial charge in [-0.2, -0.15) is 0 Å². The highest BCUT2D eigenvalue weighted by Crippen LogP contribution is 2.16. The largest absolute Gasteiger partial charge is 0.396 e. The van der Waals surface area contributed by atoms with E-state index < -0.39 is 0 Å². The minimum atomic E-state index is 0.104. The molecule has 16 heavy (non-hydrogen) atoms. The van der Waals surface area contributed by atoms with E-state index in [1.54, 1.807) is 0 Å². The number of aromatic nitrogens is 2. The number of fused-ring (bicyclic) bond motifs is 1. The Kier molecular flexibility index (Phi) is 3.54. The number of para-hydroxylation sites is 2. The van der Waals surface area contributed by atoms with Crippen LogP contribution in [-0.2, 0) is 13.0 Å². The van der Waals surface area contributed by atoms with E-state index in [1.807, 2.05) is 28.8 Å². The quantitative estimate of drug-likeness (QED) is 0.789. The van der Waals surface area contributed by atoms with Crippen molar-refractivity contribution >= 4 is 11.0 Å². The van der Waals surface area contributed by atoms with Gasteiger partial charge in [-0.15, -0.1) is 0 Å². The highest BCUT2D eigenvalue weighted by molar-refractivity contribution is 5.75. The smallest absolute Gasteiger partial charge is 0.110 e. The van der Waals surface area contributed by atoms with Crippen LogP contribution < -0.4 is 0 Å². The minimum Gasteiger partial charge on any atom is -0.396 e. The van der Waals surface area contributed by atoms with E-state index in [0.29, 0.717) is 13.0 Å². The summed E-state index contributed by atoms with van der Waals surface area (Å²) in [4.78, 5) is 4.51. The normalized spacial score (nSPS) is 11.1. The molecule has 0 aliphatic rings. The Hall–Kier alpha value is -1.39. The van der Waals surface area contributed by atoms with E-state index in [2.05, 4.69) is 4.98 Å². The summed E-state index contributed by atoms with van der Waals surface area (Å²) in [6, 6.07) is 7.88. The molecule has 2 N–H and O–H groups in total. The fraction of sp³-hybridized carbons (Fsp3) is 0.417. The number of hydrogen-bond donors (Lipinski definition) is 2. The molecule has 0 spiro atoms. The second kappa shape index (κ2) is 5.09. The Morgan fingerprint density at radius 1 is 1.12 bits per heavy atom. The molecule has 0 unspecified atom stereocenters. The molecule has 4 nitrogen and oxygen atoms in total. The van der Waals surface area contributed by atoms with Crippen molar-refractivity contribution in [2.45, 2.75) is 19.4 Å². The Bertz CT molecular complexity index is 465. The average Bonchev–Trinajstić information content (AvgIpc) is 2.66. The van der Waals surface area contributed by atoms with Gasteiger partial charge in [-0.1, -0.05) is 12.1 Å². The number of rotatable bonds is 5. The molecule has 86 valence electrons. The molecule has 0 saturated carbocycles. The van der Waals surface area contributed by atoms with Crippen molar-refractivity contribution in [1.82, 2.24) is 9.55 Å². The fourth-order valence-electron chi connectivity index (χ4n) is 1.90. The van der Waals surface area contributed by atoms with Gasteiger partial charge in [0.05, 0.1) is 17.6 Å². The summed E-state index contributed by atoms with van der Waals surface area (Å²) in [6.45, 7) is 0.829. The van der Waals surface area contributed by atoms with Gasteiger partial charge in [0, 0.05) is 19.6 Å². The lowest BCUT2D eigenvalue weighted by atomic mass is 10.3. The van der Waals surface area contributed by atoms with E-state index in [9.17, 15) is 0 Å². The number of aryl methyl sites for hydroxylation is 1. The van der Waals surface area contributed by atoms with Crippen molar-refractivity contribution in [3.63, 3.8) is 0 Å². The number of benzene rings is 1. The molecule has 0 aliphatic heterocycles. The lowest BCUT2D eigenvalue weighted by molar-refractivity contribution is 0.272. The van der Waals surface area contributed by atoms with Crippen molar-refractivity contribution < 1.29 is 10.2 Å². The SMILES string of the molecule is OCCCc1nc2ccccc2n1CCO. The number of hydrogen-bond acceptors (Lipinski definition) is 3. The molecular formula is C12H16N2O2. The molecule has 0 radical (unpaired) electrons. The number of nitrogens with zero attached hydrogens (tertiary/aromatic N) is 2. The van der Waals surface area contributed by atoms with Gasteiger partial charge in [0.2, 0.25) is 0 Å². The standard InChI is InChI=1S/C12H16N2O2/c15-8-3-6-12-13-10-4-1-2-5-11(10)14(12)7-9-16/h1-2,4-5,15-16H,3,6-9H2. The zero-order chi connectivity index (χ0) is 11.4. The number of imidazole rings is 1. The van der Waals surface area contributed by atoms with Crippen LogP contribution in [0.5, 0.6) is 0 Å². The first-order chi connectivity index (χ1) is 7.86. The molecule has 1 heterocycles. The topological polar surface area (TPSA) is 58.3 Å². The van der Waals surface area contributed by atoms with E-state index in [4.69, 9.17) is 10.2 Å². The molecule has 0 saturated heterocycles. The molecule has 1 aromatic heterocycles. The maximum Gasteiger partial charge on any atom is 0.110 e. The molecule has 0 amide bonds. The van der Waals surface area contributed by atoms with Crippen molar-refractivity contribution in [3.05, 3.63) is 30.1 Å². The van der Waals surface area contributed by atoms with Crippen LogP contribution in [0.25, 0.3) is 11.0 Å². The van der Waals surface area contributed by atoms with Crippen molar-refractivity contribution in [2.75, 3.05) is 13.2 Å². The average molecular weight is 220 g/mol. The lowest BCUT2D eigenvalue weighted by Crippen LogP contribution is -2.07. The van der Waals surface area contributed by atoms with Crippen molar-refractivity contribution in [3.8, 4) is 0 Å². The zero-order valence-corrected chi connectivity index (χ0v) is 9.13. The molecule has 0 aliphatic carbocycles. The number of aliphatic hydroxyl groups excluding tert-OH is 2. The maximum absolute atomic E-state index is 9.05. The van der Waals surface area contributed by atoms with Gasteiger partial charge in [-0.3, -0.25) is 0 Å². The van der Waals surface area contributed by atoms with Crippen molar-refractivity contribution in [2.24, 2.45) is 0 Å². The van der Waals surface area contributed by atoms with Gasteiger partial charge in [-0.25, -0.2) is 4.98 Å². The Balaban J connectivity index is 2.41. The zero-order valence-electron chi connectivity index (χ0n) is 9.13. The van der Waals surface area contributed by atoms with Crippen molar-refractivity contribution in [1.29, 1.82) is 0 Å². The van der Waals surface area contributed by atoms with E-state index in [1.165, 1.54) is 0 Å². The molecule has 2 aromatic rings. The Morgan fingerprint density at radius 3 is 2.69 bits per heavy atom. The molecule has 0 fully saturated rings. The summed E-state index contributed by atoms with van der Waals surface area (Å²) in [5.41, 5.74) is 1.99. The van der Waals surface area contributed by atoms with Crippen LogP contribution >= 0.6 is 0 Å². The molecule has 1 aromatic carbocycles. The first kappa shape index (κ1) is 11.1. The molecule has 0 atom stereocenters. The lowest BCUT2D eigenvalue weighted by Gasteiger charge is -2.06. The van der Waals surface area contributed by atoms with Gasteiger partial charge in [0.1, 0.15) is 5.82 Å². The van der Waals surface area contributed by atoms with E-state index in [0.717, 1.165) is 23.3 Å². The van der Waals surface area contributed by atoms with Crippen LogP contribution in [0.15, 0.2) is 24.3 Å². The van der Waals surface area contributed by atoms with E-state index >= 15 is 0 Å². The summed E-state index contributed by atoms with van der Waals surface area (Å²) in [7, 11) is 0. The van der Waals surface area contributed by atoms with E-state index in [-0.39, 0.29) is 13.2 Å². The third-order valence-corrected chi connectivity index (χ3v) is 2.62. The first-order valence-corrected chi connectivity index (χ1v) is 5.52. The monoisotopic (exact) mass is 220 g/mol. The molecular weight excluding hydrogens is 204 g/mol. The second-order valence-electron chi connectivity index (χ2n) is 3.72. The Morgan fingerprint density at radius 2 is 1.94 bits per heavy atom. The highest BCUT2D eigenvalue weighted by atomic mass is 16.3. The summed E-state index contributed by atoms with van der Waals surface area (Å²) in [6.07, 6.45) is 1.44.